The van der Waals surface area contributed by atoms with Gasteiger partial charge in [-0.25, -0.2) is 18.7 Å². The highest BCUT2D eigenvalue weighted by molar-refractivity contribution is 7.22. The van der Waals surface area contributed by atoms with E-state index in [2.05, 4.69) is 15.3 Å². The van der Waals surface area contributed by atoms with Gasteiger partial charge in [0.2, 0.25) is 5.88 Å². The third-order valence-corrected chi connectivity index (χ3v) is 6.53. The molecule has 1 saturated carbocycles. The number of benzene rings is 1. The first-order chi connectivity index (χ1) is 14.2. The van der Waals surface area contributed by atoms with Gasteiger partial charge in [-0.2, -0.15) is 0 Å². The molecule has 0 bridgehead atoms. The van der Waals surface area contributed by atoms with Crippen molar-refractivity contribution in [1.82, 2.24) is 9.97 Å². The molecule has 1 saturated heterocycles. The van der Waals surface area contributed by atoms with Crippen molar-refractivity contribution in [2.24, 2.45) is 0 Å². The number of rotatable bonds is 5. The summed E-state index contributed by atoms with van der Waals surface area (Å²) in [6, 6.07) is 6.74. The number of anilines is 1. The number of nitrogens with zero attached hydrogens (tertiary/aromatic N) is 2. The number of pyridine rings is 1. The van der Waals surface area contributed by atoms with Gasteiger partial charge in [0, 0.05) is 37.7 Å². The van der Waals surface area contributed by atoms with Gasteiger partial charge in [-0.1, -0.05) is 17.4 Å². The molecule has 2 fully saturated rings. The molecule has 1 aromatic carbocycles. The van der Waals surface area contributed by atoms with Gasteiger partial charge >= 0.3 is 0 Å². The molecule has 0 spiro atoms. The molecule has 1 aliphatic carbocycles. The summed E-state index contributed by atoms with van der Waals surface area (Å²) in [5.74, 6) is 0.108. The molecular formula is C21H21F2N3O2S. The second-order valence-electron chi connectivity index (χ2n) is 7.59. The predicted octanol–water partition coefficient (Wildman–Crippen LogP) is 4.89. The van der Waals surface area contributed by atoms with Crippen LogP contribution in [0.1, 0.15) is 37.2 Å². The maximum atomic E-state index is 13.8. The smallest absolute Gasteiger partial charge is 0.217 e. The van der Waals surface area contributed by atoms with E-state index in [0.29, 0.717) is 24.6 Å². The number of ether oxygens (including phenoxy) is 2. The average Bonchev–Trinajstić information content (AvgIpc) is 3.12. The van der Waals surface area contributed by atoms with Gasteiger partial charge in [-0.15, -0.1) is 0 Å². The van der Waals surface area contributed by atoms with Crippen LogP contribution in [0.2, 0.25) is 0 Å². The molecule has 1 aliphatic heterocycles. The van der Waals surface area contributed by atoms with Gasteiger partial charge in [0.1, 0.15) is 23.3 Å². The van der Waals surface area contributed by atoms with E-state index in [4.69, 9.17) is 9.47 Å². The van der Waals surface area contributed by atoms with Crippen molar-refractivity contribution in [3.05, 3.63) is 47.7 Å². The minimum Gasteiger partial charge on any atom is -0.474 e. The normalized spacial score (nSPS) is 22.4. The van der Waals surface area contributed by atoms with Crippen molar-refractivity contribution in [3.8, 4) is 5.88 Å². The molecule has 2 aromatic heterocycles. The first kappa shape index (κ1) is 18.7. The number of aromatic nitrogens is 2. The molecule has 2 aliphatic rings. The maximum absolute atomic E-state index is 13.8. The van der Waals surface area contributed by atoms with Crippen LogP contribution in [0.5, 0.6) is 5.88 Å². The van der Waals surface area contributed by atoms with Crippen molar-refractivity contribution >= 4 is 26.7 Å². The van der Waals surface area contributed by atoms with E-state index in [0.717, 1.165) is 41.1 Å². The summed E-state index contributed by atoms with van der Waals surface area (Å²) in [6.45, 7) is 1.36. The second kappa shape index (κ2) is 7.84. The van der Waals surface area contributed by atoms with Crippen LogP contribution in [0.4, 0.5) is 13.9 Å². The van der Waals surface area contributed by atoms with Crippen molar-refractivity contribution in [1.29, 1.82) is 0 Å². The summed E-state index contributed by atoms with van der Waals surface area (Å²) in [4.78, 5) is 8.57. The summed E-state index contributed by atoms with van der Waals surface area (Å²) < 4.78 is 39.9. The Labute approximate surface area is 171 Å². The predicted molar refractivity (Wildman–Crippen MR) is 108 cm³/mol. The van der Waals surface area contributed by atoms with E-state index in [1.54, 1.807) is 12.1 Å². The van der Waals surface area contributed by atoms with Gasteiger partial charge in [0.05, 0.1) is 10.9 Å². The highest BCUT2D eigenvalue weighted by Crippen LogP contribution is 2.36. The average molecular weight is 417 g/mol. The van der Waals surface area contributed by atoms with Crippen LogP contribution in [0.15, 0.2) is 30.5 Å². The molecule has 8 heteroatoms. The highest BCUT2D eigenvalue weighted by atomic mass is 32.1. The van der Waals surface area contributed by atoms with Gasteiger partial charge in [-0.3, -0.25) is 0 Å². The lowest BCUT2D eigenvalue weighted by Crippen LogP contribution is -2.42. The van der Waals surface area contributed by atoms with Crippen LogP contribution in [-0.2, 0) is 4.74 Å². The summed E-state index contributed by atoms with van der Waals surface area (Å²) in [5, 5.41) is 4.08. The summed E-state index contributed by atoms with van der Waals surface area (Å²) in [7, 11) is 0. The molecule has 0 atom stereocenters. The van der Waals surface area contributed by atoms with E-state index in [1.807, 2.05) is 6.07 Å². The minimum absolute atomic E-state index is 0.0233. The number of fused-ring (bicyclic) bond motifs is 1. The van der Waals surface area contributed by atoms with Crippen LogP contribution in [0.25, 0.3) is 10.2 Å². The summed E-state index contributed by atoms with van der Waals surface area (Å²) >= 11 is 1.45. The minimum atomic E-state index is -0.338. The Morgan fingerprint density at radius 3 is 2.79 bits per heavy atom. The topological polar surface area (TPSA) is 56.3 Å². The molecule has 0 amide bonds. The van der Waals surface area contributed by atoms with E-state index in [1.165, 1.54) is 23.6 Å². The molecule has 3 heterocycles. The lowest BCUT2D eigenvalue weighted by molar-refractivity contribution is 0.0792. The number of halogens is 2. The molecule has 1 N–H and O–H groups in total. The van der Waals surface area contributed by atoms with E-state index < -0.39 is 0 Å². The number of nitrogens with one attached hydrogen (secondary N) is 1. The number of hydrogen-bond donors (Lipinski definition) is 1. The molecule has 152 valence electrons. The van der Waals surface area contributed by atoms with E-state index in [9.17, 15) is 8.78 Å². The largest absolute Gasteiger partial charge is 0.474 e. The number of thiazole rings is 1. The number of para-hydroxylation sites is 1. The monoisotopic (exact) mass is 417 g/mol. The van der Waals surface area contributed by atoms with Crippen molar-refractivity contribution in [2.45, 2.75) is 43.7 Å². The Morgan fingerprint density at radius 1 is 1.17 bits per heavy atom. The zero-order valence-corrected chi connectivity index (χ0v) is 16.6. The zero-order chi connectivity index (χ0) is 19.8. The third kappa shape index (κ3) is 3.91. The lowest BCUT2D eigenvalue weighted by atomic mass is 9.89. The molecule has 0 radical (unpaired) electrons. The van der Waals surface area contributed by atoms with E-state index in [-0.39, 0.29) is 29.7 Å². The van der Waals surface area contributed by atoms with Crippen molar-refractivity contribution < 1.29 is 18.3 Å². The Hall–Kier alpha value is -2.32. The fraction of sp³-hybridized carbons (Fsp3) is 0.429. The quantitative estimate of drug-likeness (QED) is 0.641. The van der Waals surface area contributed by atoms with Gasteiger partial charge in [0.25, 0.3) is 0 Å². The van der Waals surface area contributed by atoms with Crippen molar-refractivity contribution in [2.75, 3.05) is 18.5 Å². The first-order valence-corrected chi connectivity index (χ1v) is 10.7. The van der Waals surface area contributed by atoms with E-state index >= 15 is 0 Å². The fourth-order valence-corrected chi connectivity index (χ4v) is 4.89. The zero-order valence-electron chi connectivity index (χ0n) is 15.7. The Morgan fingerprint density at radius 2 is 2.00 bits per heavy atom. The van der Waals surface area contributed by atoms with Gasteiger partial charge in [0.15, 0.2) is 5.13 Å². The standard InChI is InChI=1S/C21H21F2N3O2S/c22-13-8-16(12-4-6-27-7-5-12)20(24-11-13)28-15-9-14(10-15)25-21-26-19-17(23)2-1-3-18(19)29-21/h1-3,8,11-12,14-15H,4-7,9-10H2,(H,25,26). The third-order valence-electron chi connectivity index (χ3n) is 5.58. The Kier molecular flexibility index (Phi) is 5.05. The highest BCUT2D eigenvalue weighted by Gasteiger charge is 2.33. The van der Waals surface area contributed by atoms with Crippen molar-refractivity contribution in [3.63, 3.8) is 0 Å². The molecular weight excluding hydrogens is 396 g/mol. The van der Waals surface area contributed by atoms with Crippen LogP contribution < -0.4 is 10.1 Å². The molecule has 3 aromatic rings. The summed E-state index contributed by atoms with van der Waals surface area (Å²) in [6.07, 6.45) is 4.53. The molecule has 29 heavy (non-hydrogen) atoms. The number of hydrogen-bond acceptors (Lipinski definition) is 6. The van der Waals surface area contributed by atoms with Crippen LogP contribution in [0, 0.1) is 11.6 Å². The Balaban J connectivity index is 1.22. The van der Waals surface area contributed by atoms with Crippen LogP contribution >= 0.6 is 11.3 Å². The van der Waals surface area contributed by atoms with Crippen LogP contribution in [0.3, 0.4) is 0 Å². The molecule has 5 nitrogen and oxygen atoms in total. The fourth-order valence-electron chi connectivity index (χ4n) is 3.93. The maximum Gasteiger partial charge on any atom is 0.217 e. The van der Waals surface area contributed by atoms with Gasteiger partial charge < -0.3 is 14.8 Å². The first-order valence-electron chi connectivity index (χ1n) is 9.87. The molecule has 5 rings (SSSR count). The summed E-state index contributed by atoms with van der Waals surface area (Å²) in [5.41, 5.74) is 1.25. The molecule has 0 unspecified atom stereocenters. The van der Waals surface area contributed by atoms with Crippen LogP contribution in [-0.4, -0.2) is 35.3 Å². The second-order valence-corrected chi connectivity index (χ2v) is 8.62. The SMILES string of the molecule is Fc1cnc(OC2CC(Nc3nc4c(F)cccc4s3)C2)c(C2CCOCC2)c1. The van der Waals surface area contributed by atoms with Gasteiger partial charge in [-0.05, 0) is 37.0 Å². The lowest BCUT2D eigenvalue weighted by Gasteiger charge is -2.36. The Bertz CT molecular complexity index is 1020.